The van der Waals surface area contributed by atoms with Crippen LogP contribution in [0.5, 0.6) is 0 Å². The van der Waals surface area contributed by atoms with Crippen molar-refractivity contribution >= 4 is 5.69 Å². The molecule has 1 aromatic heterocycles. The fraction of sp³-hybridized carbons (Fsp3) is 0.158. The molecule has 4 nitrogen and oxygen atoms in total. The molecule has 0 aliphatic heterocycles. The van der Waals surface area contributed by atoms with Crippen molar-refractivity contribution in [2.24, 2.45) is 0 Å². The second-order valence-electron chi connectivity index (χ2n) is 5.75. The van der Waals surface area contributed by atoms with Crippen molar-refractivity contribution in [2.75, 3.05) is 5.32 Å². The lowest BCUT2D eigenvalue weighted by atomic mass is 10.1. The summed E-state index contributed by atoms with van der Waals surface area (Å²) in [5.41, 5.74) is 1.62. The number of anilines is 1. The van der Waals surface area contributed by atoms with Gasteiger partial charge in [-0.05, 0) is 24.6 Å². The number of benzene rings is 2. The number of hydrogen-bond acceptors (Lipinski definition) is 3. The molecule has 0 radical (unpaired) electrons. The quantitative estimate of drug-likeness (QED) is 0.756. The van der Waals surface area contributed by atoms with Crippen LogP contribution in [0.1, 0.15) is 29.7 Å². The largest absolute Gasteiger partial charge is 0.374 e. The summed E-state index contributed by atoms with van der Waals surface area (Å²) in [5, 5.41) is 15.8. The Labute approximate surface area is 144 Å². The van der Waals surface area contributed by atoms with Gasteiger partial charge in [-0.15, -0.1) is 0 Å². The van der Waals surface area contributed by atoms with Gasteiger partial charge in [0.2, 0.25) is 0 Å². The SMILES string of the molecule is CC(Nc1c(F)cc(C#N)cc1F)c1cnn(Cc2ccccc2)c1. The molecule has 25 heavy (non-hydrogen) atoms. The van der Waals surface area contributed by atoms with Gasteiger partial charge in [-0.2, -0.15) is 10.4 Å². The fourth-order valence-electron chi connectivity index (χ4n) is 2.54. The zero-order chi connectivity index (χ0) is 17.8. The van der Waals surface area contributed by atoms with Gasteiger partial charge < -0.3 is 5.32 Å². The van der Waals surface area contributed by atoms with Crippen molar-refractivity contribution in [1.82, 2.24) is 9.78 Å². The molecule has 1 heterocycles. The van der Waals surface area contributed by atoms with Crippen LogP contribution in [0.3, 0.4) is 0 Å². The number of hydrogen-bond donors (Lipinski definition) is 1. The lowest BCUT2D eigenvalue weighted by Gasteiger charge is -2.15. The van der Waals surface area contributed by atoms with Gasteiger partial charge in [0.25, 0.3) is 0 Å². The standard InChI is InChI=1S/C19H16F2N4/c1-13(24-19-17(20)7-15(9-22)8-18(19)21)16-10-23-25(12-16)11-14-5-3-2-4-6-14/h2-8,10,12-13,24H,11H2,1H3. The van der Waals surface area contributed by atoms with Crippen molar-refractivity contribution in [3.05, 3.63) is 83.2 Å². The van der Waals surface area contributed by atoms with Gasteiger partial charge in [-0.1, -0.05) is 30.3 Å². The van der Waals surface area contributed by atoms with E-state index >= 15 is 0 Å². The first-order valence-corrected chi connectivity index (χ1v) is 7.79. The summed E-state index contributed by atoms with van der Waals surface area (Å²) in [6, 6.07) is 13.3. The topological polar surface area (TPSA) is 53.6 Å². The molecular weight excluding hydrogens is 322 g/mol. The lowest BCUT2D eigenvalue weighted by molar-refractivity contribution is 0.583. The Balaban J connectivity index is 1.74. The zero-order valence-electron chi connectivity index (χ0n) is 13.6. The Hall–Kier alpha value is -3.20. The first kappa shape index (κ1) is 16.7. The molecule has 0 amide bonds. The van der Waals surface area contributed by atoms with Crippen LogP contribution in [0.4, 0.5) is 14.5 Å². The molecule has 0 bridgehead atoms. The minimum atomic E-state index is -0.792. The number of nitrogens with zero attached hydrogens (tertiary/aromatic N) is 3. The van der Waals surface area contributed by atoms with Crippen LogP contribution >= 0.6 is 0 Å². The van der Waals surface area contributed by atoms with Crippen molar-refractivity contribution in [3.63, 3.8) is 0 Å². The van der Waals surface area contributed by atoms with Gasteiger partial charge in [-0.25, -0.2) is 8.78 Å². The van der Waals surface area contributed by atoms with Gasteiger partial charge in [0, 0.05) is 11.8 Å². The lowest BCUT2D eigenvalue weighted by Crippen LogP contribution is -2.09. The summed E-state index contributed by atoms with van der Waals surface area (Å²) < 4.78 is 29.8. The summed E-state index contributed by atoms with van der Waals surface area (Å²) in [6.07, 6.45) is 3.50. The van der Waals surface area contributed by atoms with E-state index in [1.807, 2.05) is 36.5 Å². The van der Waals surface area contributed by atoms with E-state index in [0.717, 1.165) is 23.3 Å². The van der Waals surface area contributed by atoms with E-state index in [-0.39, 0.29) is 17.3 Å². The third kappa shape index (κ3) is 3.83. The predicted octanol–water partition coefficient (Wildman–Crippen LogP) is 4.25. The molecule has 3 aromatic rings. The van der Waals surface area contributed by atoms with E-state index < -0.39 is 11.6 Å². The third-order valence-electron chi connectivity index (χ3n) is 3.87. The first-order valence-electron chi connectivity index (χ1n) is 7.79. The normalized spacial score (nSPS) is 11.8. The minimum absolute atomic E-state index is 0.0520. The van der Waals surface area contributed by atoms with E-state index in [0.29, 0.717) is 6.54 Å². The monoisotopic (exact) mass is 338 g/mol. The molecule has 3 rings (SSSR count). The maximum absolute atomic E-state index is 14.0. The minimum Gasteiger partial charge on any atom is -0.374 e. The summed E-state index contributed by atoms with van der Waals surface area (Å²) in [5.74, 6) is -1.58. The number of nitriles is 1. The zero-order valence-corrected chi connectivity index (χ0v) is 13.6. The van der Waals surface area contributed by atoms with E-state index in [9.17, 15) is 8.78 Å². The molecule has 1 unspecified atom stereocenters. The van der Waals surface area contributed by atoms with Gasteiger partial charge in [0.05, 0.1) is 30.4 Å². The van der Waals surface area contributed by atoms with Gasteiger partial charge in [0.1, 0.15) is 5.69 Å². The molecule has 0 aliphatic rings. The number of aromatic nitrogens is 2. The Kier molecular flexibility index (Phi) is 4.75. The van der Waals surface area contributed by atoms with Crippen LogP contribution in [0.15, 0.2) is 54.9 Å². The molecule has 1 N–H and O–H groups in total. The highest BCUT2D eigenvalue weighted by Gasteiger charge is 2.15. The number of halogens is 2. The second-order valence-corrected chi connectivity index (χ2v) is 5.75. The molecule has 0 aliphatic carbocycles. The number of nitrogens with one attached hydrogen (secondary N) is 1. The summed E-state index contributed by atoms with van der Waals surface area (Å²) in [4.78, 5) is 0. The third-order valence-corrected chi connectivity index (χ3v) is 3.87. The van der Waals surface area contributed by atoms with Gasteiger partial charge in [0.15, 0.2) is 11.6 Å². The van der Waals surface area contributed by atoms with Gasteiger partial charge in [-0.3, -0.25) is 4.68 Å². The molecule has 126 valence electrons. The fourth-order valence-corrected chi connectivity index (χ4v) is 2.54. The Morgan fingerprint density at radius 3 is 2.52 bits per heavy atom. The van der Waals surface area contributed by atoms with E-state index in [2.05, 4.69) is 10.4 Å². The Bertz CT molecular complexity index is 890. The smallest absolute Gasteiger partial charge is 0.150 e. The highest BCUT2D eigenvalue weighted by Crippen LogP contribution is 2.25. The van der Waals surface area contributed by atoms with E-state index in [1.54, 1.807) is 23.9 Å². The Morgan fingerprint density at radius 1 is 1.20 bits per heavy atom. The van der Waals surface area contributed by atoms with Crippen LogP contribution in [0.25, 0.3) is 0 Å². The number of rotatable bonds is 5. The molecular formula is C19H16F2N4. The molecule has 0 fully saturated rings. The van der Waals surface area contributed by atoms with Gasteiger partial charge >= 0.3 is 0 Å². The molecule has 0 spiro atoms. The summed E-state index contributed by atoms with van der Waals surface area (Å²) in [7, 11) is 0. The van der Waals surface area contributed by atoms with E-state index in [1.165, 1.54) is 0 Å². The van der Waals surface area contributed by atoms with Crippen molar-refractivity contribution in [1.29, 1.82) is 5.26 Å². The molecule has 0 saturated carbocycles. The molecule has 2 aromatic carbocycles. The maximum atomic E-state index is 14.0. The summed E-state index contributed by atoms with van der Waals surface area (Å²) in [6.45, 7) is 2.41. The van der Waals surface area contributed by atoms with Crippen molar-refractivity contribution in [3.8, 4) is 6.07 Å². The highest BCUT2D eigenvalue weighted by atomic mass is 19.1. The average Bonchev–Trinajstić information content (AvgIpc) is 3.07. The van der Waals surface area contributed by atoms with Crippen LogP contribution in [0, 0.1) is 23.0 Å². The van der Waals surface area contributed by atoms with Crippen LogP contribution in [-0.2, 0) is 6.54 Å². The van der Waals surface area contributed by atoms with Crippen LogP contribution < -0.4 is 5.32 Å². The first-order chi connectivity index (χ1) is 12.1. The predicted molar refractivity (Wildman–Crippen MR) is 90.9 cm³/mol. The maximum Gasteiger partial charge on any atom is 0.150 e. The van der Waals surface area contributed by atoms with E-state index in [4.69, 9.17) is 5.26 Å². The van der Waals surface area contributed by atoms with Crippen LogP contribution in [-0.4, -0.2) is 9.78 Å². The molecule has 1 atom stereocenters. The highest BCUT2D eigenvalue weighted by molar-refractivity contribution is 5.51. The average molecular weight is 338 g/mol. The second kappa shape index (κ2) is 7.14. The molecule has 6 heteroatoms. The van der Waals surface area contributed by atoms with Crippen LogP contribution in [0.2, 0.25) is 0 Å². The van der Waals surface area contributed by atoms with Crippen molar-refractivity contribution < 1.29 is 8.78 Å². The summed E-state index contributed by atoms with van der Waals surface area (Å²) >= 11 is 0. The molecule has 0 saturated heterocycles. The van der Waals surface area contributed by atoms with Crippen molar-refractivity contribution in [2.45, 2.75) is 19.5 Å². The Morgan fingerprint density at radius 2 is 1.88 bits per heavy atom.